The molecule has 1 atom stereocenters. The lowest BCUT2D eigenvalue weighted by Crippen LogP contribution is -2.35. The lowest BCUT2D eigenvalue weighted by atomic mass is 10.0. The zero-order valence-corrected chi connectivity index (χ0v) is 11.0. The average molecular weight is 240 g/mol. The molecule has 0 spiro atoms. The van der Waals surface area contributed by atoms with E-state index in [0.29, 0.717) is 5.92 Å². The van der Waals surface area contributed by atoms with Gasteiger partial charge in [-0.15, -0.1) is 0 Å². The first-order valence-electron chi connectivity index (χ1n) is 5.71. The maximum absolute atomic E-state index is 6.22. The molecule has 1 aliphatic heterocycles. The van der Waals surface area contributed by atoms with E-state index in [2.05, 4.69) is 19.2 Å². The van der Waals surface area contributed by atoms with Crippen LogP contribution in [0.5, 0.6) is 5.75 Å². The van der Waals surface area contributed by atoms with Gasteiger partial charge in [-0.3, -0.25) is 0 Å². The van der Waals surface area contributed by atoms with Crippen LogP contribution in [0.2, 0.25) is 5.02 Å². The van der Waals surface area contributed by atoms with Crippen molar-refractivity contribution in [1.82, 2.24) is 0 Å². The number of fused-ring (bicyclic) bond motifs is 1. The Hall–Kier alpha value is -0.890. The van der Waals surface area contributed by atoms with Crippen LogP contribution in [0.1, 0.15) is 25.0 Å². The average Bonchev–Trinajstić information content (AvgIpc) is 2.25. The Morgan fingerprint density at radius 1 is 1.44 bits per heavy atom. The van der Waals surface area contributed by atoms with Gasteiger partial charge in [0.2, 0.25) is 0 Å². The largest absolute Gasteiger partial charge is 0.486 e. The van der Waals surface area contributed by atoms with E-state index >= 15 is 0 Å². The monoisotopic (exact) mass is 239 g/mol. The van der Waals surface area contributed by atoms with Gasteiger partial charge >= 0.3 is 0 Å². The fourth-order valence-corrected chi connectivity index (χ4v) is 2.16. The quantitative estimate of drug-likeness (QED) is 0.805. The Balaban J connectivity index is 2.40. The summed E-state index contributed by atoms with van der Waals surface area (Å²) in [5, 5.41) is 4.25. The smallest absolute Gasteiger partial charge is 0.143 e. The van der Waals surface area contributed by atoms with Crippen molar-refractivity contribution in [3.8, 4) is 5.75 Å². The summed E-state index contributed by atoms with van der Waals surface area (Å²) in [6.45, 7) is 9.24. The first kappa shape index (κ1) is 11.6. The Labute approximate surface area is 102 Å². The predicted octanol–water partition coefficient (Wildman–Crippen LogP) is 3.79. The van der Waals surface area contributed by atoms with Crippen LogP contribution >= 0.6 is 11.6 Å². The van der Waals surface area contributed by atoms with Crippen LogP contribution in [-0.4, -0.2) is 12.6 Å². The molecule has 1 aromatic carbocycles. The lowest BCUT2D eigenvalue weighted by Gasteiger charge is -2.31. The van der Waals surface area contributed by atoms with Crippen LogP contribution in [0.25, 0.3) is 0 Å². The second kappa shape index (κ2) is 4.17. The third-order valence-corrected chi connectivity index (χ3v) is 3.73. The molecule has 2 nitrogen and oxygen atoms in total. The van der Waals surface area contributed by atoms with Crippen molar-refractivity contribution in [3.05, 3.63) is 22.2 Å². The number of rotatable bonds is 1. The van der Waals surface area contributed by atoms with Crippen LogP contribution in [0.15, 0.2) is 6.07 Å². The van der Waals surface area contributed by atoms with E-state index in [-0.39, 0.29) is 6.10 Å². The summed E-state index contributed by atoms with van der Waals surface area (Å²) >= 11 is 6.22. The molecule has 0 amide bonds. The number of nitrogens with one attached hydrogen (secondary N) is 1. The summed E-state index contributed by atoms with van der Waals surface area (Å²) in [5.74, 6) is 1.45. The standard InChI is InChI=1S/C13H18ClNO/c1-7(2)11-6-15-13-9(4)12(14)8(3)5-10(13)16-11/h5,7,11,15H,6H2,1-4H3. The molecule has 0 saturated carbocycles. The summed E-state index contributed by atoms with van der Waals surface area (Å²) in [6, 6.07) is 2.02. The fourth-order valence-electron chi connectivity index (χ4n) is 2.01. The summed E-state index contributed by atoms with van der Waals surface area (Å²) < 4.78 is 5.99. The first-order chi connectivity index (χ1) is 7.50. The van der Waals surface area contributed by atoms with Gasteiger partial charge in [0, 0.05) is 5.02 Å². The third-order valence-electron chi connectivity index (χ3n) is 3.15. The van der Waals surface area contributed by atoms with E-state index in [1.54, 1.807) is 0 Å². The minimum Gasteiger partial charge on any atom is -0.486 e. The van der Waals surface area contributed by atoms with E-state index in [1.807, 2.05) is 19.9 Å². The Kier molecular flexibility index (Phi) is 3.02. The van der Waals surface area contributed by atoms with Gasteiger partial charge in [0.1, 0.15) is 11.9 Å². The van der Waals surface area contributed by atoms with E-state index < -0.39 is 0 Å². The van der Waals surface area contributed by atoms with Gasteiger partial charge in [0.15, 0.2) is 0 Å². The molecule has 1 unspecified atom stereocenters. The van der Waals surface area contributed by atoms with Crippen molar-refractivity contribution in [3.63, 3.8) is 0 Å². The van der Waals surface area contributed by atoms with Gasteiger partial charge in [-0.2, -0.15) is 0 Å². The third kappa shape index (κ3) is 1.86. The van der Waals surface area contributed by atoms with Crippen molar-refractivity contribution >= 4 is 17.3 Å². The van der Waals surface area contributed by atoms with E-state index in [0.717, 1.165) is 34.1 Å². The van der Waals surface area contributed by atoms with Gasteiger partial charge < -0.3 is 10.1 Å². The molecule has 0 saturated heterocycles. The van der Waals surface area contributed by atoms with Crippen molar-refractivity contribution in [2.45, 2.75) is 33.8 Å². The van der Waals surface area contributed by atoms with E-state index in [4.69, 9.17) is 16.3 Å². The fraction of sp³-hybridized carbons (Fsp3) is 0.538. The summed E-state index contributed by atoms with van der Waals surface area (Å²) in [5.41, 5.74) is 3.20. The molecule has 0 aromatic heterocycles. The molecule has 1 aromatic rings. The van der Waals surface area contributed by atoms with Crippen molar-refractivity contribution in [2.75, 3.05) is 11.9 Å². The molecule has 0 fully saturated rings. The van der Waals surface area contributed by atoms with Crippen molar-refractivity contribution in [2.24, 2.45) is 5.92 Å². The highest BCUT2D eigenvalue weighted by Crippen LogP contribution is 2.39. The minimum absolute atomic E-state index is 0.243. The first-order valence-corrected chi connectivity index (χ1v) is 6.08. The lowest BCUT2D eigenvalue weighted by molar-refractivity contribution is 0.156. The van der Waals surface area contributed by atoms with Gasteiger partial charge in [-0.05, 0) is 37.0 Å². The normalized spacial score (nSPS) is 19.0. The maximum atomic E-state index is 6.22. The number of benzene rings is 1. The highest BCUT2D eigenvalue weighted by molar-refractivity contribution is 6.32. The van der Waals surface area contributed by atoms with Crippen molar-refractivity contribution < 1.29 is 4.74 Å². The van der Waals surface area contributed by atoms with Crippen molar-refractivity contribution in [1.29, 1.82) is 0 Å². The molecule has 3 heteroatoms. The SMILES string of the molecule is Cc1cc2c(c(C)c1Cl)NCC(C(C)C)O2. The maximum Gasteiger partial charge on any atom is 0.143 e. The zero-order chi connectivity index (χ0) is 11.9. The number of aryl methyl sites for hydroxylation is 1. The van der Waals surface area contributed by atoms with Crippen LogP contribution in [-0.2, 0) is 0 Å². The molecule has 88 valence electrons. The molecule has 1 heterocycles. The number of anilines is 1. The van der Waals surface area contributed by atoms with Crippen LogP contribution in [0.3, 0.4) is 0 Å². The van der Waals surface area contributed by atoms with Crippen LogP contribution in [0, 0.1) is 19.8 Å². The highest BCUT2D eigenvalue weighted by Gasteiger charge is 2.24. The molecule has 2 rings (SSSR count). The van der Waals surface area contributed by atoms with Crippen LogP contribution < -0.4 is 10.1 Å². The molecule has 16 heavy (non-hydrogen) atoms. The number of halogens is 1. The summed E-state index contributed by atoms with van der Waals surface area (Å²) in [4.78, 5) is 0. The molecule has 0 aliphatic carbocycles. The molecular weight excluding hydrogens is 222 g/mol. The Bertz CT molecular complexity index is 415. The Morgan fingerprint density at radius 3 is 2.75 bits per heavy atom. The topological polar surface area (TPSA) is 21.3 Å². The minimum atomic E-state index is 0.243. The molecule has 0 bridgehead atoms. The molecule has 1 N–H and O–H groups in total. The number of ether oxygens (including phenoxy) is 1. The van der Waals surface area contributed by atoms with E-state index in [1.165, 1.54) is 0 Å². The Morgan fingerprint density at radius 2 is 2.12 bits per heavy atom. The van der Waals surface area contributed by atoms with Gasteiger partial charge in [0.05, 0.1) is 12.2 Å². The number of hydrogen-bond acceptors (Lipinski definition) is 2. The zero-order valence-electron chi connectivity index (χ0n) is 10.2. The molecular formula is C13H18ClNO. The highest BCUT2D eigenvalue weighted by atomic mass is 35.5. The molecule has 1 aliphatic rings. The van der Waals surface area contributed by atoms with Gasteiger partial charge in [-0.1, -0.05) is 25.4 Å². The van der Waals surface area contributed by atoms with Gasteiger partial charge in [0.25, 0.3) is 0 Å². The predicted molar refractivity (Wildman–Crippen MR) is 68.7 cm³/mol. The van der Waals surface area contributed by atoms with Crippen LogP contribution in [0.4, 0.5) is 5.69 Å². The number of hydrogen-bond donors (Lipinski definition) is 1. The molecule has 0 radical (unpaired) electrons. The van der Waals surface area contributed by atoms with E-state index in [9.17, 15) is 0 Å². The second-order valence-electron chi connectivity index (χ2n) is 4.79. The summed E-state index contributed by atoms with van der Waals surface area (Å²) in [6.07, 6.45) is 0.243. The summed E-state index contributed by atoms with van der Waals surface area (Å²) in [7, 11) is 0. The van der Waals surface area contributed by atoms with Gasteiger partial charge in [-0.25, -0.2) is 0 Å². The second-order valence-corrected chi connectivity index (χ2v) is 5.16.